The maximum Gasteiger partial charge on any atom is -0.0355 e. The van der Waals surface area contributed by atoms with Gasteiger partial charge in [-0.05, 0) is 60.7 Å². The van der Waals surface area contributed by atoms with Gasteiger partial charge in [0.15, 0.2) is 0 Å². The quantitative estimate of drug-likeness (QED) is 0.517. The topological polar surface area (TPSA) is 0 Å². The van der Waals surface area contributed by atoms with Gasteiger partial charge in [0.25, 0.3) is 0 Å². The largest absolute Gasteiger partial charge is 0.0651 e. The summed E-state index contributed by atoms with van der Waals surface area (Å²) in [7, 11) is 0. The lowest BCUT2D eigenvalue weighted by molar-refractivity contribution is 0.0191. The van der Waals surface area contributed by atoms with E-state index in [0.29, 0.717) is 0 Å². The SMILES string of the molecule is CCC(C)C1CC(C)C1CCC(C(C)C)C1CCC1. The zero-order valence-electron chi connectivity index (χ0n) is 14.0. The molecule has 0 spiro atoms. The lowest BCUT2D eigenvalue weighted by atomic mass is 9.58. The fourth-order valence-electron chi connectivity index (χ4n) is 4.83. The van der Waals surface area contributed by atoms with E-state index in [-0.39, 0.29) is 0 Å². The van der Waals surface area contributed by atoms with Crippen molar-refractivity contribution in [3.05, 3.63) is 0 Å². The molecule has 0 nitrogen and oxygen atoms in total. The summed E-state index contributed by atoms with van der Waals surface area (Å²) in [6.07, 6.45) is 10.5. The Morgan fingerprint density at radius 1 is 1.11 bits per heavy atom. The van der Waals surface area contributed by atoms with Gasteiger partial charge < -0.3 is 0 Å². The van der Waals surface area contributed by atoms with Crippen molar-refractivity contribution in [2.45, 2.75) is 79.6 Å². The van der Waals surface area contributed by atoms with Crippen LogP contribution in [-0.2, 0) is 0 Å². The van der Waals surface area contributed by atoms with Gasteiger partial charge >= 0.3 is 0 Å². The van der Waals surface area contributed by atoms with Gasteiger partial charge in [-0.1, -0.05) is 60.3 Å². The third-order valence-electron chi connectivity index (χ3n) is 6.74. The lowest BCUT2D eigenvalue weighted by Crippen LogP contribution is -2.39. The number of hydrogen-bond acceptors (Lipinski definition) is 0. The molecule has 2 fully saturated rings. The average molecular weight is 264 g/mol. The monoisotopic (exact) mass is 264 g/mol. The predicted octanol–water partition coefficient (Wildman–Crippen LogP) is 6.16. The van der Waals surface area contributed by atoms with Crippen molar-refractivity contribution in [1.82, 2.24) is 0 Å². The Morgan fingerprint density at radius 3 is 2.21 bits per heavy atom. The minimum atomic E-state index is 0.905. The molecule has 0 heterocycles. The summed E-state index contributed by atoms with van der Waals surface area (Å²) in [5, 5.41) is 0. The van der Waals surface area contributed by atoms with Crippen molar-refractivity contribution < 1.29 is 0 Å². The molecule has 19 heavy (non-hydrogen) atoms. The van der Waals surface area contributed by atoms with Crippen LogP contribution in [0.15, 0.2) is 0 Å². The van der Waals surface area contributed by atoms with Gasteiger partial charge in [0.05, 0.1) is 0 Å². The minimum Gasteiger partial charge on any atom is -0.0651 e. The Balaban J connectivity index is 1.82. The second kappa shape index (κ2) is 6.64. The average Bonchev–Trinajstić information content (AvgIpc) is 2.31. The Kier molecular flexibility index (Phi) is 5.37. The summed E-state index contributed by atoms with van der Waals surface area (Å²) < 4.78 is 0. The van der Waals surface area contributed by atoms with E-state index in [0.717, 1.165) is 41.4 Å². The molecule has 0 aliphatic heterocycles. The Bertz CT molecular complexity index is 263. The molecule has 0 radical (unpaired) electrons. The van der Waals surface area contributed by atoms with E-state index < -0.39 is 0 Å². The highest BCUT2D eigenvalue weighted by Gasteiger charge is 2.40. The first-order chi connectivity index (χ1) is 9.04. The van der Waals surface area contributed by atoms with Crippen molar-refractivity contribution >= 4 is 0 Å². The van der Waals surface area contributed by atoms with Gasteiger partial charge in [-0.15, -0.1) is 0 Å². The Labute approximate surface area is 121 Å². The molecule has 112 valence electrons. The summed E-state index contributed by atoms with van der Waals surface area (Å²) in [6.45, 7) is 12.3. The normalized spacial score (nSPS) is 34.7. The van der Waals surface area contributed by atoms with Crippen molar-refractivity contribution in [2.75, 3.05) is 0 Å². The zero-order valence-corrected chi connectivity index (χ0v) is 14.0. The molecule has 0 N–H and O–H groups in total. The van der Waals surface area contributed by atoms with Crippen LogP contribution in [0, 0.1) is 41.4 Å². The predicted molar refractivity (Wildman–Crippen MR) is 85.1 cm³/mol. The van der Waals surface area contributed by atoms with Gasteiger partial charge in [-0.25, -0.2) is 0 Å². The Hall–Kier alpha value is 0. The lowest BCUT2D eigenvalue weighted by Gasteiger charge is -2.48. The van der Waals surface area contributed by atoms with Crippen LogP contribution in [-0.4, -0.2) is 0 Å². The molecule has 0 heteroatoms. The van der Waals surface area contributed by atoms with E-state index in [1.807, 2.05) is 0 Å². The molecule has 0 saturated heterocycles. The minimum absolute atomic E-state index is 0.905. The first kappa shape index (κ1) is 15.4. The van der Waals surface area contributed by atoms with Gasteiger partial charge in [0.2, 0.25) is 0 Å². The van der Waals surface area contributed by atoms with E-state index in [1.54, 1.807) is 0 Å². The smallest absolute Gasteiger partial charge is 0.0355 e. The molecule has 2 aliphatic rings. The molecule has 0 aromatic rings. The van der Waals surface area contributed by atoms with Crippen molar-refractivity contribution in [3.8, 4) is 0 Å². The van der Waals surface area contributed by atoms with Gasteiger partial charge in [0.1, 0.15) is 0 Å². The molecule has 5 atom stereocenters. The fourth-order valence-corrected chi connectivity index (χ4v) is 4.83. The maximum absolute atomic E-state index is 2.50. The second-order valence-electron chi connectivity index (χ2n) is 8.10. The summed E-state index contributed by atoms with van der Waals surface area (Å²) in [5.74, 6) is 7.08. The van der Waals surface area contributed by atoms with Crippen LogP contribution >= 0.6 is 0 Å². The highest BCUT2D eigenvalue weighted by atomic mass is 14.5. The highest BCUT2D eigenvalue weighted by molar-refractivity contribution is 4.90. The van der Waals surface area contributed by atoms with E-state index in [4.69, 9.17) is 0 Å². The summed E-state index contributed by atoms with van der Waals surface area (Å²) in [4.78, 5) is 0. The van der Waals surface area contributed by atoms with Crippen LogP contribution in [0.5, 0.6) is 0 Å². The number of hydrogen-bond donors (Lipinski definition) is 0. The first-order valence-corrected chi connectivity index (χ1v) is 9.04. The fraction of sp³-hybridized carbons (Fsp3) is 1.00. The van der Waals surface area contributed by atoms with Crippen LogP contribution < -0.4 is 0 Å². The van der Waals surface area contributed by atoms with E-state index in [1.165, 1.54) is 44.9 Å². The van der Waals surface area contributed by atoms with E-state index >= 15 is 0 Å². The molecule has 2 rings (SSSR count). The second-order valence-corrected chi connectivity index (χ2v) is 8.10. The van der Waals surface area contributed by atoms with Gasteiger partial charge in [-0.2, -0.15) is 0 Å². The highest BCUT2D eigenvalue weighted by Crippen LogP contribution is 2.49. The molecule has 2 saturated carbocycles. The molecular formula is C19H36. The summed E-state index contributed by atoms with van der Waals surface area (Å²) >= 11 is 0. The molecule has 2 aliphatic carbocycles. The van der Waals surface area contributed by atoms with Crippen LogP contribution in [0.1, 0.15) is 79.6 Å². The van der Waals surface area contributed by atoms with Crippen LogP contribution in [0.2, 0.25) is 0 Å². The summed E-state index contributed by atoms with van der Waals surface area (Å²) in [6, 6.07) is 0. The van der Waals surface area contributed by atoms with Crippen LogP contribution in [0.25, 0.3) is 0 Å². The van der Waals surface area contributed by atoms with Crippen molar-refractivity contribution in [1.29, 1.82) is 0 Å². The maximum atomic E-state index is 2.50. The van der Waals surface area contributed by atoms with Crippen molar-refractivity contribution in [2.24, 2.45) is 41.4 Å². The standard InChI is InChI=1S/C19H36/c1-6-14(4)19-12-15(5)18(19)11-10-17(13(2)3)16-8-7-9-16/h13-19H,6-12H2,1-5H3. The molecule has 0 aromatic carbocycles. The van der Waals surface area contributed by atoms with E-state index in [9.17, 15) is 0 Å². The van der Waals surface area contributed by atoms with E-state index in [2.05, 4.69) is 34.6 Å². The Morgan fingerprint density at radius 2 is 1.79 bits per heavy atom. The molecule has 0 amide bonds. The number of rotatable bonds is 7. The van der Waals surface area contributed by atoms with Gasteiger partial charge in [-0.3, -0.25) is 0 Å². The summed E-state index contributed by atoms with van der Waals surface area (Å²) in [5.41, 5.74) is 0. The van der Waals surface area contributed by atoms with Gasteiger partial charge in [0, 0.05) is 0 Å². The third kappa shape index (κ3) is 3.37. The molecule has 0 aromatic heterocycles. The molecule has 5 unspecified atom stereocenters. The zero-order chi connectivity index (χ0) is 14.0. The van der Waals surface area contributed by atoms with Crippen LogP contribution in [0.3, 0.4) is 0 Å². The molecular weight excluding hydrogens is 228 g/mol. The first-order valence-electron chi connectivity index (χ1n) is 9.04. The van der Waals surface area contributed by atoms with Crippen LogP contribution in [0.4, 0.5) is 0 Å². The molecule has 0 bridgehead atoms. The van der Waals surface area contributed by atoms with Crippen molar-refractivity contribution in [3.63, 3.8) is 0 Å². The third-order valence-corrected chi connectivity index (χ3v) is 6.74.